The van der Waals surface area contributed by atoms with E-state index < -0.39 is 0 Å². The van der Waals surface area contributed by atoms with Gasteiger partial charge in [-0.25, -0.2) is 0 Å². The quantitative estimate of drug-likeness (QED) is 0.533. The molecule has 1 amide bonds. The summed E-state index contributed by atoms with van der Waals surface area (Å²) in [6, 6.07) is 7.73. The van der Waals surface area contributed by atoms with Gasteiger partial charge in [-0.2, -0.15) is 5.10 Å². The molecule has 0 aliphatic rings. The van der Waals surface area contributed by atoms with Crippen molar-refractivity contribution in [1.29, 1.82) is 0 Å². The molecule has 2 rings (SSSR count). The van der Waals surface area contributed by atoms with Crippen LogP contribution in [0.15, 0.2) is 36.7 Å². The van der Waals surface area contributed by atoms with Crippen LogP contribution in [0, 0.1) is 6.92 Å². The minimum atomic E-state index is -0.106. The van der Waals surface area contributed by atoms with Crippen LogP contribution in [-0.4, -0.2) is 61.9 Å². The molecule has 7 nitrogen and oxygen atoms in total. The minimum Gasteiger partial charge on any atom is -0.379 e. The normalized spacial score (nSPS) is 12.1. The van der Waals surface area contributed by atoms with Crippen LogP contribution in [0.2, 0.25) is 0 Å². The van der Waals surface area contributed by atoms with Crippen LogP contribution in [0.4, 0.5) is 0 Å². The van der Waals surface area contributed by atoms with E-state index >= 15 is 0 Å². The van der Waals surface area contributed by atoms with Crippen molar-refractivity contribution >= 4 is 5.91 Å². The lowest BCUT2D eigenvalue weighted by Crippen LogP contribution is -2.27. The van der Waals surface area contributed by atoms with Crippen LogP contribution >= 0.6 is 0 Å². The fourth-order valence-corrected chi connectivity index (χ4v) is 2.63. The minimum absolute atomic E-state index is 0.106. The van der Waals surface area contributed by atoms with Gasteiger partial charge in [-0.3, -0.25) is 9.48 Å². The Labute approximate surface area is 167 Å². The lowest BCUT2D eigenvalue weighted by atomic mass is 10.1. The van der Waals surface area contributed by atoms with E-state index in [0.717, 1.165) is 11.1 Å². The Kier molecular flexibility index (Phi) is 9.68. The van der Waals surface area contributed by atoms with E-state index in [1.54, 1.807) is 0 Å². The summed E-state index contributed by atoms with van der Waals surface area (Å²) in [5.74, 6) is -0.106. The van der Waals surface area contributed by atoms with E-state index in [1.807, 2.05) is 55.2 Å². The van der Waals surface area contributed by atoms with Crippen molar-refractivity contribution in [3.63, 3.8) is 0 Å². The van der Waals surface area contributed by atoms with Crippen LogP contribution in [0.25, 0.3) is 0 Å². The summed E-state index contributed by atoms with van der Waals surface area (Å²) in [6.07, 6.45) is 3.85. The van der Waals surface area contributed by atoms with Gasteiger partial charge in [0.25, 0.3) is 5.91 Å². The smallest absolute Gasteiger partial charge is 0.251 e. The van der Waals surface area contributed by atoms with Crippen molar-refractivity contribution in [3.05, 3.63) is 53.3 Å². The van der Waals surface area contributed by atoms with Crippen molar-refractivity contribution in [1.82, 2.24) is 15.1 Å². The highest BCUT2D eigenvalue weighted by Gasteiger charge is 2.10. The number of hydrogen-bond acceptors (Lipinski definition) is 5. The van der Waals surface area contributed by atoms with Gasteiger partial charge in [-0.05, 0) is 44.0 Å². The number of aryl methyl sites for hydroxylation is 1. The lowest BCUT2D eigenvalue weighted by molar-refractivity contribution is 0.0175. The zero-order valence-corrected chi connectivity index (χ0v) is 17.0. The summed E-state index contributed by atoms with van der Waals surface area (Å²) in [7, 11) is 0. The first-order valence-electron chi connectivity index (χ1n) is 9.74. The summed E-state index contributed by atoms with van der Waals surface area (Å²) < 4.78 is 17.9. The second-order valence-electron chi connectivity index (χ2n) is 6.47. The van der Waals surface area contributed by atoms with Crippen LogP contribution < -0.4 is 5.32 Å². The number of aromatic nitrogens is 2. The molecule has 7 heteroatoms. The Hall–Kier alpha value is -2.22. The zero-order chi connectivity index (χ0) is 20.2. The predicted octanol–water partition coefficient (Wildman–Crippen LogP) is 2.60. The number of ether oxygens (including phenoxy) is 3. The van der Waals surface area contributed by atoms with Crippen molar-refractivity contribution in [2.24, 2.45) is 0 Å². The molecular formula is C21H31N3O4. The van der Waals surface area contributed by atoms with Crippen molar-refractivity contribution in [2.75, 3.05) is 46.2 Å². The summed E-state index contributed by atoms with van der Waals surface area (Å²) in [6.45, 7) is 9.87. The van der Waals surface area contributed by atoms with E-state index in [-0.39, 0.29) is 11.9 Å². The Bertz CT molecular complexity index is 700. The molecule has 28 heavy (non-hydrogen) atoms. The number of nitrogens with zero attached hydrogens (tertiary/aromatic N) is 2. The first-order chi connectivity index (χ1) is 13.6. The topological polar surface area (TPSA) is 74.6 Å². The molecule has 0 bridgehead atoms. The Balaban J connectivity index is 1.63. The van der Waals surface area contributed by atoms with Gasteiger partial charge < -0.3 is 19.5 Å². The number of amides is 1. The number of hydrogen-bond donors (Lipinski definition) is 1. The number of carbonyl (C=O) groups is 1. The molecule has 1 unspecified atom stereocenters. The van der Waals surface area contributed by atoms with Crippen molar-refractivity contribution < 1.29 is 19.0 Å². The van der Waals surface area contributed by atoms with Gasteiger partial charge in [0.2, 0.25) is 0 Å². The highest BCUT2D eigenvalue weighted by molar-refractivity contribution is 5.94. The zero-order valence-electron chi connectivity index (χ0n) is 17.0. The molecule has 1 N–H and O–H groups in total. The average Bonchev–Trinajstić information content (AvgIpc) is 3.15. The fraction of sp³-hybridized carbons (Fsp3) is 0.524. The molecule has 0 radical (unpaired) electrons. The van der Waals surface area contributed by atoms with Gasteiger partial charge in [0.15, 0.2) is 0 Å². The molecule has 0 aliphatic heterocycles. The van der Waals surface area contributed by atoms with Gasteiger partial charge in [0, 0.05) is 24.9 Å². The fourth-order valence-electron chi connectivity index (χ4n) is 2.63. The van der Waals surface area contributed by atoms with E-state index in [0.29, 0.717) is 51.7 Å². The standard InChI is InChI=1S/C21H31N3O4/c1-4-26-11-12-28-14-13-27-10-9-22-21(25)20-7-5-19(6-8-20)18(3)24-16-17(2)15-23-24/h5-8,15-16,18H,4,9-14H2,1-3H3,(H,22,25). The molecule has 0 spiro atoms. The van der Waals surface area contributed by atoms with E-state index in [4.69, 9.17) is 14.2 Å². The maximum absolute atomic E-state index is 12.2. The SMILES string of the molecule is CCOCCOCCOCCNC(=O)c1ccc(C(C)n2cc(C)cn2)cc1. The molecule has 1 heterocycles. The summed E-state index contributed by atoms with van der Waals surface area (Å²) in [5, 5.41) is 7.21. The maximum Gasteiger partial charge on any atom is 0.251 e. The van der Waals surface area contributed by atoms with Gasteiger partial charge in [0.1, 0.15) is 0 Å². The Morgan fingerprint density at radius 3 is 2.32 bits per heavy atom. The highest BCUT2D eigenvalue weighted by atomic mass is 16.5. The van der Waals surface area contributed by atoms with Gasteiger partial charge in [0.05, 0.1) is 45.3 Å². The molecule has 0 saturated carbocycles. The highest BCUT2D eigenvalue weighted by Crippen LogP contribution is 2.18. The van der Waals surface area contributed by atoms with Crippen molar-refractivity contribution in [2.45, 2.75) is 26.8 Å². The van der Waals surface area contributed by atoms with E-state index in [1.165, 1.54) is 0 Å². The Morgan fingerprint density at radius 2 is 1.71 bits per heavy atom. The van der Waals surface area contributed by atoms with E-state index in [2.05, 4.69) is 17.3 Å². The number of carbonyl (C=O) groups excluding carboxylic acids is 1. The van der Waals surface area contributed by atoms with Crippen LogP contribution in [0.3, 0.4) is 0 Å². The second-order valence-corrected chi connectivity index (χ2v) is 6.47. The first-order valence-corrected chi connectivity index (χ1v) is 9.74. The number of nitrogens with one attached hydrogen (secondary N) is 1. The monoisotopic (exact) mass is 389 g/mol. The van der Waals surface area contributed by atoms with E-state index in [9.17, 15) is 4.79 Å². The molecule has 0 fully saturated rings. The molecule has 0 saturated heterocycles. The third-order valence-corrected chi connectivity index (χ3v) is 4.26. The Morgan fingerprint density at radius 1 is 1.07 bits per heavy atom. The molecule has 2 aromatic rings. The first kappa shape index (κ1) is 22.1. The lowest BCUT2D eigenvalue weighted by Gasteiger charge is -2.13. The molecule has 154 valence electrons. The number of benzene rings is 1. The van der Waals surface area contributed by atoms with Gasteiger partial charge in [-0.1, -0.05) is 12.1 Å². The molecule has 1 atom stereocenters. The van der Waals surface area contributed by atoms with Crippen LogP contribution in [0.5, 0.6) is 0 Å². The van der Waals surface area contributed by atoms with Crippen LogP contribution in [-0.2, 0) is 14.2 Å². The summed E-state index contributed by atoms with van der Waals surface area (Å²) >= 11 is 0. The van der Waals surface area contributed by atoms with Crippen LogP contribution in [0.1, 0.15) is 41.4 Å². The third kappa shape index (κ3) is 7.42. The predicted molar refractivity (Wildman–Crippen MR) is 108 cm³/mol. The number of rotatable bonds is 13. The third-order valence-electron chi connectivity index (χ3n) is 4.26. The molecule has 0 aliphatic carbocycles. The molecular weight excluding hydrogens is 358 g/mol. The van der Waals surface area contributed by atoms with Crippen molar-refractivity contribution in [3.8, 4) is 0 Å². The molecule has 1 aromatic heterocycles. The summed E-state index contributed by atoms with van der Waals surface area (Å²) in [4.78, 5) is 12.2. The van der Waals surface area contributed by atoms with Gasteiger partial charge in [-0.15, -0.1) is 0 Å². The average molecular weight is 389 g/mol. The largest absolute Gasteiger partial charge is 0.379 e. The van der Waals surface area contributed by atoms with Gasteiger partial charge >= 0.3 is 0 Å². The molecule has 1 aromatic carbocycles. The second kappa shape index (κ2) is 12.3. The maximum atomic E-state index is 12.2. The summed E-state index contributed by atoms with van der Waals surface area (Å²) in [5.41, 5.74) is 2.86.